The van der Waals surface area contributed by atoms with Crippen molar-refractivity contribution < 1.29 is 33.4 Å². The molecule has 9 heteroatoms. The number of alkyl carbamates (subject to hydrolysis) is 1. The molecule has 0 aromatic heterocycles. The molecule has 0 heterocycles. The SMILES string of the molecule is CC(C)(C)OC(=O)N[C@@H](CCC(=O)/C=C/C[C@H](NC1(c2ccccc2)c2ccccc2-c2ccccc21)C(=O)OC(C)(C)C)C(=O)OCc1ccccc1. The van der Waals surface area contributed by atoms with Crippen molar-refractivity contribution >= 4 is 23.8 Å². The molecule has 5 rings (SSSR count). The number of fused-ring (bicyclic) bond motifs is 3. The molecule has 0 bridgehead atoms. The van der Waals surface area contributed by atoms with Gasteiger partial charge in [0.25, 0.3) is 0 Å². The molecule has 54 heavy (non-hydrogen) atoms. The molecular formula is C45H50N2O7. The van der Waals surface area contributed by atoms with Gasteiger partial charge in [-0.2, -0.15) is 0 Å². The van der Waals surface area contributed by atoms with Crippen LogP contribution in [0.4, 0.5) is 4.79 Å². The zero-order chi connectivity index (χ0) is 38.9. The summed E-state index contributed by atoms with van der Waals surface area (Å²) in [7, 11) is 0. The van der Waals surface area contributed by atoms with Gasteiger partial charge in [0.15, 0.2) is 5.78 Å². The van der Waals surface area contributed by atoms with Crippen LogP contribution < -0.4 is 10.6 Å². The Morgan fingerprint density at radius 2 is 1.20 bits per heavy atom. The summed E-state index contributed by atoms with van der Waals surface area (Å²) in [6, 6.07) is 33.5. The lowest BCUT2D eigenvalue weighted by Crippen LogP contribution is -2.52. The predicted octanol–water partition coefficient (Wildman–Crippen LogP) is 8.19. The Hall–Kier alpha value is -5.54. The standard InChI is InChI=1S/C45H50N2O7/c1-43(2,3)53-41(50)39(47-45(32-20-11-8-12-21-32)36-25-15-13-23-34(36)35-24-14-16-26-37(35)45)27-17-22-33(48)28-29-38(46-42(51)54-44(4,5)6)40(49)52-30-31-18-9-7-10-19-31/h7-26,38-39,47H,27-30H2,1-6H3,(H,46,51)/b22-17+/t38-,39-/m0/s1. The number of carbonyl (C=O) groups excluding carboxylic acids is 4. The number of ether oxygens (including phenoxy) is 3. The molecule has 1 aliphatic rings. The molecule has 0 unspecified atom stereocenters. The Labute approximate surface area is 318 Å². The molecule has 4 aromatic rings. The maximum absolute atomic E-state index is 14.0. The molecule has 2 N–H and O–H groups in total. The fourth-order valence-corrected chi connectivity index (χ4v) is 6.55. The number of esters is 2. The second kappa shape index (κ2) is 17.1. The molecule has 0 saturated carbocycles. The van der Waals surface area contributed by atoms with E-state index in [-0.39, 0.29) is 31.7 Å². The molecule has 0 aliphatic heterocycles. The summed E-state index contributed by atoms with van der Waals surface area (Å²) in [6.07, 6.45) is 2.31. The Balaban J connectivity index is 1.36. The smallest absolute Gasteiger partial charge is 0.408 e. The average molecular weight is 731 g/mol. The lowest BCUT2D eigenvalue weighted by Gasteiger charge is -2.37. The zero-order valence-corrected chi connectivity index (χ0v) is 31.9. The molecule has 0 radical (unpaired) electrons. The minimum Gasteiger partial charge on any atom is -0.459 e. The third-order valence-corrected chi connectivity index (χ3v) is 8.80. The van der Waals surface area contributed by atoms with Crippen LogP contribution in [0.15, 0.2) is 121 Å². The molecule has 1 aliphatic carbocycles. The highest BCUT2D eigenvalue weighted by atomic mass is 16.6. The van der Waals surface area contributed by atoms with E-state index >= 15 is 0 Å². The van der Waals surface area contributed by atoms with E-state index in [0.29, 0.717) is 0 Å². The topological polar surface area (TPSA) is 120 Å². The van der Waals surface area contributed by atoms with Crippen molar-refractivity contribution in [1.29, 1.82) is 0 Å². The van der Waals surface area contributed by atoms with Crippen LogP contribution in [0.3, 0.4) is 0 Å². The first kappa shape index (κ1) is 39.7. The Morgan fingerprint density at radius 1 is 0.667 bits per heavy atom. The molecule has 0 saturated heterocycles. The maximum Gasteiger partial charge on any atom is 0.408 e. The second-order valence-corrected chi connectivity index (χ2v) is 15.4. The molecule has 282 valence electrons. The normalized spacial score (nSPS) is 14.3. The van der Waals surface area contributed by atoms with Crippen molar-refractivity contribution in [3.8, 4) is 11.1 Å². The van der Waals surface area contributed by atoms with Gasteiger partial charge in [-0.1, -0.05) is 115 Å². The number of ketones is 1. The summed E-state index contributed by atoms with van der Waals surface area (Å²) in [6.45, 7) is 10.6. The number of benzene rings is 4. The third-order valence-electron chi connectivity index (χ3n) is 8.80. The molecule has 0 spiro atoms. The van der Waals surface area contributed by atoms with Crippen LogP contribution in [0, 0.1) is 0 Å². The van der Waals surface area contributed by atoms with Crippen LogP contribution >= 0.6 is 0 Å². The summed E-state index contributed by atoms with van der Waals surface area (Å²) < 4.78 is 16.8. The monoisotopic (exact) mass is 730 g/mol. The van der Waals surface area contributed by atoms with E-state index in [9.17, 15) is 19.2 Å². The number of hydrogen-bond donors (Lipinski definition) is 2. The van der Waals surface area contributed by atoms with Gasteiger partial charge in [0.1, 0.15) is 29.9 Å². The van der Waals surface area contributed by atoms with E-state index in [1.165, 1.54) is 6.08 Å². The Kier molecular flexibility index (Phi) is 12.5. The molecule has 1 amide bonds. The average Bonchev–Trinajstić information content (AvgIpc) is 3.41. The van der Waals surface area contributed by atoms with Gasteiger partial charge in [0.05, 0.1) is 5.54 Å². The first-order chi connectivity index (χ1) is 25.7. The maximum atomic E-state index is 14.0. The minimum absolute atomic E-state index is 0.0124. The van der Waals surface area contributed by atoms with Crippen LogP contribution in [0.25, 0.3) is 11.1 Å². The van der Waals surface area contributed by atoms with Crippen LogP contribution in [-0.4, -0.2) is 47.1 Å². The summed E-state index contributed by atoms with van der Waals surface area (Å²) in [5.74, 6) is -1.43. The predicted molar refractivity (Wildman–Crippen MR) is 208 cm³/mol. The summed E-state index contributed by atoms with van der Waals surface area (Å²) in [5.41, 5.74) is 3.45. The first-order valence-corrected chi connectivity index (χ1v) is 18.3. The number of hydrogen-bond acceptors (Lipinski definition) is 8. The van der Waals surface area contributed by atoms with Gasteiger partial charge in [0, 0.05) is 6.42 Å². The van der Waals surface area contributed by atoms with E-state index in [1.807, 2.05) is 106 Å². The van der Waals surface area contributed by atoms with Gasteiger partial charge < -0.3 is 19.5 Å². The fourth-order valence-electron chi connectivity index (χ4n) is 6.55. The fraction of sp³-hybridized carbons (Fsp3) is 0.333. The van der Waals surface area contributed by atoms with Crippen LogP contribution in [0.1, 0.15) is 83.1 Å². The third kappa shape index (κ3) is 10.1. The highest BCUT2D eigenvalue weighted by molar-refractivity contribution is 5.91. The number of nitrogens with one attached hydrogen (secondary N) is 2. The lowest BCUT2D eigenvalue weighted by molar-refractivity contribution is -0.158. The number of allylic oxidation sites excluding steroid dienone is 1. The zero-order valence-electron chi connectivity index (χ0n) is 31.9. The highest BCUT2D eigenvalue weighted by Gasteiger charge is 2.47. The van der Waals surface area contributed by atoms with Gasteiger partial charge in [-0.3, -0.25) is 14.9 Å². The van der Waals surface area contributed by atoms with E-state index in [1.54, 1.807) is 26.8 Å². The van der Waals surface area contributed by atoms with E-state index in [2.05, 4.69) is 34.9 Å². The van der Waals surface area contributed by atoms with Crippen molar-refractivity contribution in [1.82, 2.24) is 10.6 Å². The molecular weight excluding hydrogens is 681 g/mol. The first-order valence-electron chi connectivity index (χ1n) is 18.3. The van der Waals surface area contributed by atoms with Crippen molar-refractivity contribution in [2.75, 3.05) is 0 Å². The Morgan fingerprint density at radius 3 is 1.78 bits per heavy atom. The second-order valence-electron chi connectivity index (χ2n) is 15.4. The van der Waals surface area contributed by atoms with Gasteiger partial charge in [-0.15, -0.1) is 0 Å². The number of rotatable bonds is 14. The van der Waals surface area contributed by atoms with E-state index < -0.39 is 46.9 Å². The van der Waals surface area contributed by atoms with Crippen LogP contribution in [0.5, 0.6) is 0 Å². The van der Waals surface area contributed by atoms with Gasteiger partial charge in [-0.05, 0) is 93.8 Å². The molecule has 0 fully saturated rings. The summed E-state index contributed by atoms with van der Waals surface area (Å²) in [5, 5.41) is 6.30. The van der Waals surface area contributed by atoms with Crippen molar-refractivity contribution in [3.05, 3.63) is 144 Å². The van der Waals surface area contributed by atoms with Gasteiger partial charge in [0.2, 0.25) is 0 Å². The van der Waals surface area contributed by atoms with Crippen molar-refractivity contribution in [2.24, 2.45) is 0 Å². The van der Waals surface area contributed by atoms with E-state index in [0.717, 1.165) is 33.4 Å². The van der Waals surface area contributed by atoms with Crippen molar-refractivity contribution in [3.63, 3.8) is 0 Å². The number of amides is 1. The van der Waals surface area contributed by atoms with Gasteiger partial charge >= 0.3 is 18.0 Å². The van der Waals surface area contributed by atoms with Crippen molar-refractivity contribution in [2.45, 2.75) is 96.2 Å². The van der Waals surface area contributed by atoms with Crippen LogP contribution in [-0.2, 0) is 40.7 Å². The largest absolute Gasteiger partial charge is 0.459 e. The number of carbonyl (C=O) groups is 4. The lowest BCUT2D eigenvalue weighted by atomic mass is 9.79. The summed E-state index contributed by atoms with van der Waals surface area (Å²) in [4.78, 5) is 53.0. The van der Waals surface area contributed by atoms with Gasteiger partial charge in [-0.25, -0.2) is 9.59 Å². The quantitative estimate of drug-likeness (QED) is 0.0758. The molecule has 2 atom stereocenters. The highest BCUT2D eigenvalue weighted by Crippen LogP contribution is 2.51. The Bertz CT molecular complexity index is 1910. The minimum atomic E-state index is -1.12. The molecule has 4 aromatic carbocycles. The summed E-state index contributed by atoms with van der Waals surface area (Å²) >= 11 is 0. The molecule has 9 nitrogen and oxygen atoms in total. The van der Waals surface area contributed by atoms with Crippen LogP contribution in [0.2, 0.25) is 0 Å². The van der Waals surface area contributed by atoms with E-state index in [4.69, 9.17) is 14.2 Å².